The Hall–Kier alpha value is -3.53. The van der Waals surface area contributed by atoms with Gasteiger partial charge in [-0.2, -0.15) is 0 Å². The number of methoxy groups -OCH3 is 1. The van der Waals surface area contributed by atoms with Gasteiger partial charge in [0.05, 0.1) is 19.3 Å². The monoisotopic (exact) mass is 560 g/mol. The summed E-state index contributed by atoms with van der Waals surface area (Å²) >= 11 is 0. The van der Waals surface area contributed by atoms with Gasteiger partial charge in [-0.25, -0.2) is 0 Å². The van der Waals surface area contributed by atoms with E-state index in [2.05, 4.69) is 4.74 Å². The topological polar surface area (TPSA) is 68.3 Å². The van der Waals surface area contributed by atoms with Crippen LogP contribution < -0.4 is 9.47 Å². The highest BCUT2D eigenvalue weighted by Gasteiger charge is 2.31. The molecule has 216 valence electrons. The minimum absolute atomic E-state index is 0.0257. The Bertz CT molecular complexity index is 1190. The molecular formula is C30H35F3N2O5. The number of likely N-dealkylation sites (tertiary alicyclic amines) is 2. The quantitative estimate of drug-likeness (QED) is 0.417. The molecule has 40 heavy (non-hydrogen) atoms. The van der Waals surface area contributed by atoms with E-state index >= 15 is 0 Å². The molecule has 7 nitrogen and oxygen atoms in total. The van der Waals surface area contributed by atoms with Gasteiger partial charge in [0, 0.05) is 37.8 Å². The number of halogens is 3. The average Bonchev–Trinajstić information content (AvgIpc) is 2.92. The molecule has 0 radical (unpaired) electrons. The lowest BCUT2D eigenvalue weighted by atomic mass is 10.0. The van der Waals surface area contributed by atoms with Gasteiger partial charge in [-0.15, -0.1) is 13.2 Å². The number of hydrogen-bond donors (Lipinski definition) is 0. The summed E-state index contributed by atoms with van der Waals surface area (Å²) in [6.45, 7) is 6.30. The number of aryl methyl sites for hydroxylation is 2. The lowest BCUT2D eigenvalue weighted by molar-refractivity contribution is -0.274. The molecule has 0 spiro atoms. The molecule has 0 aromatic heterocycles. The Morgan fingerprint density at radius 3 is 1.90 bits per heavy atom. The molecule has 2 aliphatic rings. The van der Waals surface area contributed by atoms with E-state index in [0.717, 1.165) is 42.6 Å². The van der Waals surface area contributed by atoms with Crippen LogP contribution in [0.4, 0.5) is 13.2 Å². The molecule has 0 N–H and O–H groups in total. The van der Waals surface area contributed by atoms with Gasteiger partial charge in [0.25, 0.3) is 5.91 Å². The molecule has 0 aliphatic carbocycles. The van der Waals surface area contributed by atoms with Crippen molar-refractivity contribution in [2.45, 2.75) is 58.1 Å². The Labute approximate surface area is 232 Å². The van der Waals surface area contributed by atoms with E-state index in [4.69, 9.17) is 9.47 Å². The van der Waals surface area contributed by atoms with E-state index in [1.165, 1.54) is 30.3 Å². The van der Waals surface area contributed by atoms with Crippen LogP contribution in [0.5, 0.6) is 11.5 Å². The summed E-state index contributed by atoms with van der Waals surface area (Å²) < 4.78 is 52.5. The summed E-state index contributed by atoms with van der Waals surface area (Å²) in [5.74, 6) is 0.376. The second kappa shape index (κ2) is 12.8. The fourth-order valence-corrected chi connectivity index (χ4v) is 5.31. The summed E-state index contributed by atoms with van der Waals surface area (Å²) in [6, 6.07) is 9.10. The van der Waals surface area contributed by atoms with Crippen molar-refractivity contribution in [2.75, 3.05) is 33.3 Å². The standard InChI is InChI=1S/C30H35F3N2O5/c1-20-18-23(19-21(2)28(20)38-3)29(37)35-16-12-25(13-17-35)39-24-10-14-34(15-11-24)27(36)9-6-22-4-7-26(8-5-22)40-30(31,32)33/h4-9,18-19,24-25H,10-17H2,1-3H3/b9-6+. The number of hydrogen-bond acceptors (Lipinski definition) is 5. The van der Waals surface area contributed by atoms with Gasteiger partial charge in [0.1, 0.15) is 11.5 Å². The van der Waals surface area contributed by atoms with Gasteiger partial charge < -0.3 is 24.0 Å². The highest BCUT2D eigenvalue weighted by molar-refractivity contribution is 5.95. The van der Waals surface area contributed by atoms with Gasteiger partial charge in [0.15, 0.2) is 0 Å². The minimum Gasteiger partial charge on any atom is -0.496 e. The van der Waals surface area contributed by atoms with Gasteiger partial charge >= 0.3 is 6.36 Å². The molecule has 10 heteroatoms. The number of piperidine rings is 2. The number of ether oxygens (including phenoxy) is 3. The van der Waals surface area contributed by atoms with E-state index in [9.17, 15) is 22.8 Å². The van der Waals surface area contributed by atoms with Crippen LogP contribution in [0.3, 0.4) is 0 Å². The summed E-state index contributed by atoms with van der Waals surface area (Å²) in [5, 5.41) is 0. The normalized spacial score (nSPS) is 17.4. The van der Waals surface area contributed by atoms with Crippen LogP contribution in [0.15, 0.2) is 42.5 Å². The smallest absolute Gasteiger partial charge is 0.496 e. The van der Waals surface area contributed by atoms with Crippen molar-refractivity contribution in [1.29, 1.82) is 0 Å². The largest absolute Gasteiger partial charge is 0.573 e. The number of nitrogens with zero attached hydrogens (tertiary/aromatic N) is 2. The maximum absolute atomic E-state index is 13.1. The summed E-state index contributed by atoms with van der Waals surface area (Å²) in [4.78, 5) is 29.3. The first-order valence-electron chi connectivity index (χ1n) is 13.4. The summed E-state index contributed by atoms with van der Waals surface area (Å²) in [7, 11) is 1.63. The van der Waals surface area contributed by atoms with Crippen LogP contribution in [0.2, 0.25) is 0 Å². The van der Waals surface area contributed by atoms with Gasteiger partial charge in [-0.1, -0.05) is 12.1 Å². The number of benzene rings is 2. The van der Waals surface area contributed by atoms with Crippen molar-refractivity contribution in [2.24, 2.45) is 0 Å². The first-order valence-corrected chi connectivity index (χ1v) is 13.4. The van der Waals surface area contributed by atoms with Crippen LogP contribution in [0, 0.1) is 13.8 Å². The molecular weight excluding hydrogens is 525 g/mol. The van der Waals surface area contributed by atoms with E-state index in [1.807, 2.05) is 30.9 Å². The molecule has 0 saturated carbocycles. The maximum atomic E-state index is 13.1. The zero-order chi connectivity index (χ0) is 28.9. The predicted octanol–water partition coefficient (Wildman–Crippen LogP) is 5.54. The third-order valence-corrected chi connectivity index (χ3v) is 7.31. The molecule has 2 amide bonds. The first-order chi connectivity index (χ1) is 19.0. The maximum Gasteiger partial charge on any atom is 0.573 e. The summed E-state index contributed by atoms with van der Waals surface area (Å²) in [6.07, 6.45) is 1.41. The first kappa shape index (κ1) is 29.5. The lowest BCUT2D eigenvalue weighted by Crippen LogP contribution is -2.44. The molecule has 2 aromatic carbocycles. The Morgan fingerprint density at radius 1 is 0.875 bits per heavy atom. The fourth-order valence-electron chi connectivity index (χ4n) is 5.31. The molecule has 0 bridgehead atoms. The van der Waals surface area contributed by atoms with Crippen molar-refractivity contribution in [3.8, 4) is 11.5 Å². The molecule has 2 aromatic rings. The molecule has 2 fully saturated rings. The Kier molecular flexibility index (Phi) is 9.40. The molecule has 2 heterocycles. The molecule has 4 rings (SSSR count). The number of rotatable bonds is 7. The minimum atomic E-state index is -4.74. The van der Waals surface area contributed by atoms with E-state index in [-0.39, 0.29) is 29.8 Å². The fraction of sp³-hybridized carbons (Fsp3) is 0.467. The average molecular weight is 561 g/mol. The van der Waals surface area contributed by atoms with Gasteiger partial charge in [-0.05, 0) is 86.6 Å². The SMILES string of the molecule is COc1c(C)cc(C(=O)N2CCC(OC3CCN(C(=O)/C=C/c4ccc(OC(F)(F)F)cc4)CC3)CC2)cc1C. The second-order valence-corrected chi connectivity index (χ2v) is 10.2. The van der Waals surface area contributed by atoms with Gasteiger partial charge in [0.2, 0.25) is 5.91 Å². The predicted molar refractivity (Wildman–Crippen MR) is 144 cm³/mol. The van der Waals surface area contributed by atoms with Crippen molar-refractivity contribution in [1.82, 2.24) is 9.80 Å². The number of alkyl halides is 3. The lowest BCUT2D eigenvalue weighted by Gasteiger charge is -2.37. The van der Waals surface area contributed by atoms with Crippen molar-refractivity contribution in [3.05, 3.63) is 64.7 Å². The van der Waals surface area contributed by atoms with Crippen molar-refractivity contribution < 1.29 is 37.0 Å². The second-order valence-electron chi connectivity index (χ2n) is 10.2. The zero-order valence-electron chi connectivity index (χ0n) is 23.0. The highest BCUT2D eigenvalue weighted by atomic mass is 19.4. The van der Waals surface area contributed by atoms with Crippen LogP contribution in [-0.2, 0) is 9.53 Å². The third-order valence-electron chi connectivity index (χ3n) is 7.31. The summed E-state index contributed by atoms with van der Waals surface area (Å²) in [5.41, 5.74) is 3.16. The Balaban J connectivity index is 1.19. The zero-order valence-corrected chi connectivity index (χ0v) is 23.0. The van der Waals surface area contributed by atoms with Crippen LogP contribution in [-0.4, -0.2) is 73.5 Å². The van der Waals surface area contributed by atoms with Crippen LogP contribution in [0.1, 0.15) is 52.7 Å². The van der Waals surface area contributed by atoms with E-state index in [0.29, 0.717) is 37.3 Å². The molecule has 2 saturated heterocycles. The Morgan fingerprint density at radius 2 is 1.40 bits per heavy atom. The number of amides is 2. The molecule has 2 aliphatic heterocycles. The van der Waals surface area contributed by atoms with Crippen molar-refractivity contribution >= 4 is 17.9 Å². The van der Waals surface area contributed by atoms with Gasteiger partial charge in [-0.3, -0.25) is 9.59 Å². The highest BCUT2D eigenvalue weighted by Crippen LogP contribution is 2.27. The van der Waals surface area contributed by atoms with Crippen LogP contribution in [0.25, 0.3) is 6.08 Å². The number of carbonyl (C=O) groups excluding carboxylic acids is 2. The molecule has 0 unspecified atom stereocenters. The van der Waals surface area contributed by atoms with E-state index < -0.39 is 6.36 Å². The van der Waals surface area contributed by atoms with E-state index in [1.54, 1.807) is 18.1 Å². The van der Waals surface area contributed by atoms with Crippen LogP contribution >= 0.6 is 0 Å². The third kappa shape index (κ3) is 7.78. The molecule has 0 atom stereocenters. The van der Waals surface area contributed by atoms with Crippen molar-refractivity contribution in [3.63, 3.8) is 0 Å². The number of carbonyl (C=O) groups is 2.